The molecule has 0 saturated carbocycles. The van der Waals surface area contributed by atoms with Crippen LogP contribution < -0.4 is 4.90 Å². The molecule has 0 spiro atoms. The van der Waals surface area contributed by atoms with Crippen LogP contribution in [0.5, 0.6) is 0 Å². The zero-order valence-corrected chi connectivity index (χ0v) is 11.9. The molecule has 1 aliphatic rings. The Bertz CT molecular complexity index is 632. The summed E-state index contributed by atoms with van der Waals surface area (Å²) in [5.74, 6) is -0.0518. The molecular formula is C14H14FN3OS. The number of ketones is 1. The largest absolute Gasteiger partial charge is 0.357 e. The lowest BCUT2D eigenvalue weighted by Crippen LogP contribution is -2.18. The number of carbonyl (C=O) groups excluding carboxylic acids is 1. The van der Waals surface area contributed by atoms with Crippen LogP contribution in [-0.4, -0.2) is 28.8 Å². The fraction of sp³-hybridized carbons (Fsp3) is 0.357. The van der Waals surface area contributed by atoms with Crippen molar-refractivity contribution in [2.24, 2.45) is 0 Å². The van der Waals surface area contributed by atoms with E-state index in [9.17, 15) is 9.18 Å². The molecule has 20 heavy (non-hydrogen) atoms. The van der Waals surface area contributed by atoms with Gasteiger partial charge in [0.25, 0.3) is 0 Å². The monoisotopic (exact) mass is 291 g/mol. The smallest absolute Gasteiger partial charge is 0.235 e. The first-order chi connectivity index (χ1) is 9.65. The van der Waals surface area contributed by atoms with E-state index in [0.29, 0.717) is 5.01 Å². The molecule has 0 bridgehead atoms. The molecule has 3 heterocycles. The molecule has 0 atom stereocenters. The quantitative estimate of drug-likeness (QED) is 0.815. The summed E-state index contributed by atoms with van der Waals surface area (Å²) in [7, 11) is 0. The number of thiazole rings is 1. The van der Waals surface area contributed by atoms with Crippen molar-refractivity contribution in [2.75, 3.05) is 18.0 Å². The van der Waals surface area contributed by atoms with E-state index in [0.717, 1.165) is 35.8 Å². The van der Waals surface area contributed by atoms with E-state index in [1.54, 1.807) is 6.20 Å². The maximum absolute atomic E-state index is 13.5. The summed E-state index contributed by atoms with van der Waals surface area (Å²) in [5.41, 5.74) is 0.740. The van der Waals surface area contributed by atoms with Crippen LogP contribution in [0.3, 0.4) is 0 Å². The van der Waals surface area contributed by atoms with Gasteiger partial charge in [-0.3, -0.25) is 4.79 Å². The molecule has 1 fully saturated rings. The molecule has 2 aromatic heterocycles. The zero-order valence-electron chi connectivity index (χ0n) is 11.1. The van der Waals surface area contributed by atoms with Crippen molar-refractivity contribution >= 4 is 22.9 Å². The van der Waals surface area contributed by atoms with Gasteiger partial charge in [-0.05, 0) is 25.0 Å². The predicted octanol–water partition coefficient (Wildman–Crippen LogP) is 3.15. The first kappa shape index (κ1) is 13.2. The molecule has 3 rings (SSSR count). The molecule has 6 heteroatoms. The Morgan fingerprint density at radius 1 is 1.35 bits per heavy atom. The normalized spacial score (nSPS) is 14.8. The van der Waals surface area contributed by atoms with Crippen molar-refractivity contribution in [1.29, 1.82) is 0 Å². The molecule has 0 amide bonds. The molecule has 0 N–H and O–H groups in total. The number of halogens is 1. The molecular weight excluding hydrogens is 277 g/mol. The number of hydrogen-bond acceptors (Lipinski definition) is 5. The topological polar surface area (TPSA) is 46.1 Å². The van der Waals surface area contributed by atoms with Gasteiger partial charge in [0.2, 0.25) is 5.95 Å². The molecule has 104 valence electrons. The third-order valence-corrected chi connectivity index (χ3v) is 4.51. The predicted molar refractivity (Wildman–Crippen MR) is 76.8 cm³/mol. The molecule has 1 saturated heterocycles. The third kappa shape index (κ3) is 2.43. The summed E-state index contributed by atoms with van der Waals surface area (Å²) in [6, 6.07) is 3.80. The molecule has 2 aromatic rings. The second kappa shape index (κ2) is 5.28. The van der Waals surface area contributed by atoms with Crippen molar-refractivity contribution in [3.8, 4) is 10.6 Å². The van der Waals surface area contributed by atoms with Gasteiger partial charge in [-0.15, -0.1) is 11.3 Å². The van der Waals surface area contributed by atoms with Crippen LogP contribution in [0, 0.1) is 5.95 Å². The van der Waals surface area contributed by atoms with Crippen molar-refractivity contribution in [1.82, 2.24) is 9.97 Å². The highest BCUT2D eigenvalue weighted by molar-refractivity contribution is 7.16. The molecule has 0 aliphatic carbocycles. The number of carbonyl (C=O) groups is 1. The number of hydrogen-bond donors (Lipinski definition) is 0. The first-order valence-corrected chi connectivity index (χ1v) is 7.35. The Morgan fingerprint density at radius 2 is 2.10 bits per heavy atom. The molecule has 0 radical (unpaired) electrons. The van der Waals surface area contributed by atoms with E-state index >= 15 is 0 Å². The number of anilines is 1. The van der Waals surface area contributed by atoms with E-state index < -0.39 is 5.95 Å². The fourth-order valence-corrected chi connectivity index (χ4v) is 3.12. The summed E-state index contributed by atoms with van der Waals surface area (Å²) < 4.78 is 13.5. The van der Waals surface area contributed by atoms with Crippen LogP contribution in [0.2, 0.25) is 0 Å². The van der Waals surface area contributed by atoms with Crippen molar-refractivity contribution in [2.45, 2.75) is 19.8 Å². The number of aromatic nitrogens is 2. The van der Waals surface area contributed by atoms with Crippen molar-refractivity contribution < 1.29 is 9.18 Å². The Balaban J connectivity index is 1.87. The summed E-state index contributed by atoms with van der Waals surface area (Å²) >= 11 is 1.07. The van der Waals surface area contributed by atoms with Gasteiger partial charge in [0.1, 0.15) is 15.7 Å². The summed E-state index contributed by atoms with van der Waals surface area (Å²) in [6.45, 7) is 3.41. The SMILES string of the molecule is CC(=O)c1sc(-c2ccc(N3CCCC3)nc2)nc1F. The number of pyridine rings is 1. The van der Waals surface area contributed by atoms with Crippen LogP contribution in [-0.2, 0) is 0 Å². The molecule has 0 unspecified atom stereocenters. The van der Waals surface area contributed by atoms with Crippen LogP contribution in [0.15, 0.2) is 18.3 Å². The van der Waals surface area contributed by atoms with Gasteiger partial charge in [-0.25, -0.2) is 9.97 Å². The second-order valence-corrected chi connectivity index (χ2v) is 5.79. The van der Waals surface area contributed by atoms with Crippen LogP contribution in [0.25, 0.3) is 10.6 Å². The number of rotatable bonds is 3. The molecule has 1 aliphatic heterocycles. The van der Waals surface area contributed by atoms with E-state index in [-0.39, 0.29) is 10.7 Å². The van der Waals surface area contributed by atoms with Gasteiger partial charge in [0.05, 0.1) is 0 Å². The van der Waals surface area contributed by atoms with Crippen molar-refractivity contribution in [3.05, 3.63) is 29.2 Å². The van der Waals surface area contributed by atoms with Gasteiger partial charge >= 0.3 is 0 Å². The van der Waals surface area contributed by atoms with E-state index in [2.05, 4.69) is 14.9 Å². The van der Waals surface area contributed by atoms with E-state index in [1.165, 1.54) is 19.8 Å². The average Bonchev–Trinajstić information content (AvgIpc) is 3.08. The van der Waals surface area contributed by atoms with E-state index in [4.69, 9.17) is 0 Å². The standard InChI is InChI=1S/C14H14FN3OS/c1-9(19)12-13(15)17-14(20-12)10-4-5-11(16-8-10)18-6-2-3-7-18/h4-5,8H,2-3,6-7H2,1H3. The Labute approximate surface area is 120 Å². The summed E-state index contributed by atoms with van der Waals surface area (Å²) in [4.78, 5) is 21.8. The maximum Gasteiger partial charge on any atom is 0.235 e. The summed E-state index contributed by atoms with van der Waals surface area (Å²) in [6.07, 6.45) is 4.09. The highest BCUT2D eigenvalue weighted by atomic mass is 32.1. The Hall–Kier alpha value is -1.82. The minimum Gasteiger partial charge on any atom is -0.357 e. The van der Waals surface area contributed by atoms with Gasteiger partial charge in [-0.1, -0.05) is 0 Å². The van der Waals surface area contributed by atoms with Crippen LogP contribution in [0.4, 0.5) is 10.2 Å². The van der Waals surface area contributed by atoms with E-state index in [1.807, 2.05) is 12.1 Å². The lowest BCUT2D eigenvalue weighted by Gasteiger charge is -2.15. The lowest BCUT2D eigenvalue weighted by atomic mass is 10.3. The molecule has 4 nitrogen and oxygen atoms in total. The average molecular weight is 291 g/mol. The minimum atomic E-state index is -0.693. The van der Waals surface area contributed by atoms with Crippen molar-refractivity contribution in [3.63, 3.8) is 0 Å². The minimum absolute atomic E-state index is 0.0728. The highest BCUT2D eigenvalue weighted by Gasteiger charge is 2.17. The van der Waals surface area contributed by atoms with Gasteiger partial charge < -0.3 is 4.90 Å². The Kier molecular flexibility index (Phi) is 3.48. The highest BCUT2D eigenvalue weighted by Crippen LogP contribution is 2.28. The third-order valence-electron chi connectivity index (χ3n) is 3.33. The number of nitrogens with zero attached hydrogens (tertiary/aromatic N) is 3. The first-order valence-electron chi connectivity index (χ1n) is 6.54. The van der Waals surface area contributed by atoms with Crippen LogP contribution >= 0.6 is 11.3 Å². The van der Waals surface area contributed by atoms with Gasteiger partial charge in [0.15, 0.2) is 5.78 Å². The summed E-state index contributed by atoms with van der Waals surface area (Å²) in [5, 5.41) is 0.494. The van der Waals surface area contributed by atoms with Crippen LogP contribution in [0.1, 0.15) is 29.4 Å². The van der Waals surface area contributed by atoms with Gasteiger partial charge in [-0.2, -0.15) is 4.39 Å². The van der Waals surface area contributed by atoms with Gasteiger partial charge in [0, 0.05) is 31.8 Å². The second-order valence-electron chi connectivity index (χ2n) is 4.79. The number of Topliss-reactive ketones (excluding diaryl/α,β-unsaturated/α-hetero) is 1. The lowest BCUT2D eigenvalue weighted by molar-refractivity contribution is 0.101. The maximum atomic E-state index is 13.5. The fourth-order valence-electron chi connectivity index (χ4n) is 2.29. The zero-order chi connectivity index (χ0) is 14.1. The molecule has 0 aromatic carbocycles. The Morgan fingerprint density at radius 3 is 2.65 bits per heavy atom.